The second kappa shape index (κ2) is 7.45. The highest BCUT2D eigenvalue weighted by Gasteiger charge is 2.06. The van der Waals surface area contributed by atoms with Crippen LogP contribution < -0.4 is 5.32 Å². The predicted molar refractivity (Wildman–Crippen MR) is 83.0 cm³/mol. The zero-order valence-electron chi connectivity index (χ0n) is 12.6. The Morgan fingerprint density at radius 1 is 1.25 bits per heavy atom. The van der Waals surface area contributed by atoms with E-state index in [4.69, 9.17) is 0 Å². The summed E-state index contributed by atoms with van der Waals surface area (Å²) in [5.41, 5.74) is 3.58. The maximum atomic E-state index is 4.51. The van der Waals surface area contributed by atoms with E-state index in [0.717, 1.165) is 25.3 Å². The molecule has 112 valence electrons. The van der Waals surface area contributed by atoms with Gasteiger partial charge in [0.2, 0.25) is 0 Å². The summed E-state index contributed by atoms with van der Waals surface area (Å²) in [5.74, 6) is 0. The predicted octanol–water partition coefficient (Wildman–Crippen LogP) is 2.70. The van der Waals surface area contributed by atoms with Gasteiger partial charge in [0.25, 0.3) is 0 Å². The molecule has 20 heavy (non-hydrogen) atoms. The van der Waals surface area contributed by atoms with Gasteiger partial charge in [0.1, 0.15) is 0 Å². The summed E-state index contributed by atoms with van der Waals surface area (Å²) >= 11 is 0. The average Bonchev–Trinajstić information content (AvgIpc) is 2.97. The lowest BCUT2D eigenvalue weighted by Gasteiger charge is -2.03. The fraction of sp³-hybridized carbons (Fsp3) is 0.571. The molecule has 0 atom stereocenters. The summed E-state index contributed by atoms with van der Waals surface area (Å²) in [7, 11) is 0. The minimum atomic E-state index is 0. The van der Waals surface area contributed by atoms with Gasteiger partial charge in [-0.2, -0.15) is 10.2 Å². The van der Waals surface area contributed by atoms with Gasteiger partial charge in [0.05, 0.1) is 11.9 Å². The first-order chi connectivity index (χ1) is 9.10. The van der Waals surface area contributed by atoms with Crippen molar-refractivity contribution in [2.24, 2.45) is 0 Å². The number of halogens is 1. The SMILES string of the molecule is CCn1cc(CNCc2cn(C(C)C)nc2C)cn1.Cl. The Balaban J connectivity index is 0.00000200. The van der Waals surface area contributed by atoms with Gasteiger partial charge >= 0.3 is 0 Å². The fourth-order valence-corrected chi connectivity index (χ4v) is 1.97. The molecular weight excluding hydrogens is 274 g/mol. The average molecular weight is 298 g/mol. The van der Waals surface area contributed by atoms with E-state index in [9.17, 15) is 0 Å². The van der Waals surface area contributed by atoms with Crippen LogP contribution in [0.2, 0.25) is 0 Å². The van der Waals surface area contributed by atoms with Gasteiger partial charge in [0.15, 0.2) is 0 Å². The van der Waals surface area contributed by atoms with Crippen LogP contribution in [0, 0.1) is 6.92 Å². The third kappa shape index (κ3) is 4.08. The normalized spacial score (nSPS) is 10.8. The van der Waals surface area contributed by atoms with Crippen molar-refractivity contribution in [2.45, 2.75) is 53.4 Å². The number of rotatable bonds is 6. The molecule has 0 aliphatic heterocycles. The molecule has 6 heteroatoms. The molecule has 2 aromatic rings. The number of nitrogens with zero attached hydrogens (tertiary/aromatic N) is 4. The zero-order valence-corrected chi connectivity index (χ0v) is 13.4. The summed E-state index contributed by atoms with van der Waals surface area (Å²) in [5, 5.41) is 12.2. The highest BCUT2D eigenvalue weighted by molar-refractivity contribution is 5.85. The quantitative estimate of drug-likeness (QED) is 0.892. The second-order valence-electron chi connectivity index (χ2n) is 5.12. The summed E-state index contributed by atoms with van der Waals surface area (Å²) in [6.07, 6.45) is 6.13. The van der Waals surface area contributed by atoms with Crippen LogP contribution in [0.15, 0.2) is 18.6 Å². The van der Waals surface area contributed by atoms with Crippen molar-refractivity contribution in [3.05, 3.63) is 35.4 Å². The molecule has 0 amide bonds. The summed E-state index contributed by atoms with van der Waals surface area (Å²) < 4.78 is 3.96. The van der Waals surface area contributed by atoms with Gasteiger partial charge in [-0.1, -0.05) is 0 Å². The van der Waals surface area contributed by atoms with Crippen molar-refractivity contribution >= 4 is 12.4 Å². The molecule has 0 aliphatic rings. The van der Waals surface area contributed by atoms with Crippen LogP contribution in [-0.4, -0.2) is 19.6 Å². The maximum absolute atomic E-state index is 4.51. The number of hydrogen-bond donors (Lipinski definition) is 1. The Morgan fingerprint density at radius 2 is 2.00 bits per heavy atom. The van der Waals surface area contributed by atoms with Crippen molar-refractivity contribution in [3.8, 4) is 0 Å². The Bertz CT molecular complexity index is 529. The molecule has 0 bridgehead atoms. The lowest BCUT2D eigenvalue weighted by Crippen LogP contribution is -2.12. The van der Waals surface area contributed by atoms with Gasteiger partial charge in [0, 0.05) is 49.2 Å². The first-order valence-electron chi connectivity index (χ1n) is 6.86. The van der Waals surface area contributed by atoms with Crippen LogP contribution >= 0.6 is 12.4 Å². The molecule has 0 aliphatic carbocycles. The van der Waals surface area contributed by atoms with Crippen molar-refractivity contribution in [1.29, 1.82) is 0 Å². The largest absolute Gasteiger partial charge is 0.308 e. The molecule has 2 aromatic heterocycles. The number of hydrogen-bond acceptors (Lipinski definition) is 3. The molecule has 2 rings (SSSR count). The van der Waals surface area contributed by atoms with Gasteiger partial charge in [-0.25, -0.2) is 0 Å². The lowest BCUT2D eigenvalue weighted by molar-refractivity contribution is 0.528. The van der Waals surface area contributed by atoms with Crippen LogP contribution in [0.1, 0.15) is 43.6 Å². The van der Waals surface area contributed by atoms with Crippen LogP contribution in [0.3, 0.4) is 0 Å². The molecule has 0 fully saturated rings. The van der Waals surface area contributed by atoms with Crippen LogP contribution in [0.5, 0.6) is 0 Å². The third-order valence-corrected chi connectivity index (χ3v) is 3.20. The van der Waals surface area contributed by atoms with E-state index >= 15 is 0 Å². The highest BCUT2D eigenvalue weighted by Crippen LogP contribution is 2.10. The molecule has 2 heterocycles. The maximum Gasteiger partial charge on any atom is 0.0638 e. The van der Waals surface area contributed by atoms with E-state index in [2.05, 4.69) is 55.6 Å². The van der Waals surface area contributed by atoms with Gasteiger partial charge in [-0.05, 0) is 27.7 Å². The molecule has 0 aromatic carbocycles. The van der Waals surface area contributed by atoms with Gasteiger partial charge in [-0.3, -0.25) is 9.36 Å². The van der Waals surface area contributed by atoms with Crippen LogP contribution in [0.25, 0.3) is 0 Å². The second-order valence-corrected chi connectivity index (χ2v) is 5.12. The summed E-state index contributed by atoms with van der Waals surface area (Å²) in [4.78, 5) is 0. The first-order valence-corrected chi connectivity index (χ1v) is 6.86. The first kappa shape index (κ1) is 16.7. The molecule has 0 spiro atoms. The third-order valence-electron chi connectivity index (χ3n) is 3.20. The van der Waals surface area contributed by atoms with Crippen molar-refractivity contribution in [2.75, 3.05) is 0 Å². The monoisotopic (exact) mass is 297 g/mol. The minimum Gasteiger partial charge on any atom is -0.308 e. The van der Waals surface area contributed by atoms with Crippen molar-refractivity contribution in [1.82, 2.24) is 24.9 Å². The number of aryl methyl sites for hydroxylation is 2. The van der Waals surface area contributed by atoms with E-state index in [1.54, 1.807) is 0 Å². The van der Waals surface area contributed by atoms with Crippen LogP contribution in [0.4, 0.5) is 0 Å². The standard InChI is InChI=1S/C14H23N5.ClH/c1-5-18-9-13(7-16-18)6-15-8-14-10-19(11(2)3)17-12(14)4;/h7,9-11,15H,5-6,8H2,1-4H3;1H. The molecule has 0 radical (unpaired) electrons. The molecule has 1 N–H and O–H groups in total. The molecule has 5 nitrogen and oxygen atoms in total. The van der Waals surface area contributed by atoms with Crippen molar-refractivity contribution < 1.29 is 0 Å². The Hall–Kier alpha value is -1.33. The molecular formula is C14H24ClN5. The Kier molecular flexibility index (Phi) is 6.23. The molecule has 0 saturated heterocycles. The van der Waals surface area contributed by atoms with Crippen LogP contribution in [-0.2, 0) is 19.6 Å². The van der Waals surface area contributed by atoms with E-state index in [1.807, 2.05) is 15.6 Å². The van der Waals surface area contributed by atoms with Crippen molar-refractivity contribution in [3.63, 3.8) is 0 Å². The highest BCUT2D eigenvalue weighted by atomic mass is 35.5. The van der Waals surface area contributed by atoms with E-state index in [0.29, 0.717) is 6.04 Å². The zero-order chi connectivity index (χ0) is 13.8. The number of aromatic nitrogens is 4. The van der Waals surface area contributed by atoms with E-state index in [1.165, 1.54) is 11.1 Å². The van der Waals surface area contributed by atoms with Gasteiger partial charge in [-0.15, -0.1) is 12.4 Å². The fourth-order valence-electron chi connectivity index (χ4n) is 1.97. The number of nitrogens with one attached hydrogen (secondary N) is 1. The Morgan fingerprint density at radius 3 is 2.55 bits per heavy atom. The smallest absolute Gasteiger partial charge is 0.0638 e. The lowest BCUT2D eigenvalue weighted by atomic mass is 10.2. The van der Waals surface area contributed by atoms with Gasteiger partial charge < -0.3 is 5.32 Å². The molecule has 0 unspecified atom stereocenters. The Labute approximate surface area is 126 Å². The summed E-state index contributed by atoms with van der Waals surface area (Å²) in [6.45, 7) is 11.0. The summed E-state index contributed by atoms with van der Waals surface area (Å²) in [6, 6.07) is 0.412. The molecule has 0 saturated carbocycles. The van der Waals surface area contributed by atoms with E-state index < -0.39 is 0 Å². The topological polar surface area (TPSA) is 47.7 Å². The van der Waals surface area contributed by atoms with E-state index in [-0.39, 0.29) is 12.4 Å². The minimum absolute atomic E-state index is 0.